The van der Waals surface area contributed by atoms with Crippen LogP contribution in [0.1, 0.15) is 219 Å². The highest BCUT2D eigenvalue weighted by atomic mass is 16.3. The zero-order valence-corrected chi connectivity index (χ0v) is 47.4. The Hall–Kier alpha value is -1.74. The molecule has 0 aromatic heterocycles. The van der Waals surface area contributed by atoms with E-state index in [1.165, 1.54) is 11.1 Å². The second-order valence-electron chi connectivity index (χ2n) is 31.6. The molecule has 8 fully saturated rings. The molecule has 0 heterocycles. The lowest BCUT2D eigenvalue weighted by atomic mass is 9.33. The highest BCUT2D eigenvalue weighted by Gasteiger charge is 2.73. The van der Waals surface area contributed by atoms with Gasteiger partial charge in [-0.15, -0.1) is 0 Å². The lowest BCUT2D eigenvalue weighted by Gasteiger charge is -2.71. The number of hydrogen-bond acceptors (Lipinski definition) is 6. The summed E-state index contributed by atoms with van der Waals surface area (Å²) in [5.74, 6) is 1.69. The van der Waals surface area contributed by atoms with E-state index in [0.29, 0.717) is 68.9 Å². The summed E-state index contributed by atoms with van der Waals surface area (Å²) < 4.78 is 0. The summed E-state index contributed by atoms with van der Waals surface area (Å²) in [6.07, 6.45) is 19.8. The first-order valence-electron chi connectivity index (χ1n) is 29.5. The van der Waals surface area contributed by atoms with Gasteiger partial charge in [-0.1, -0.05) is 120 Å². The monoisotopic (exact) mass is 983 g/mol. The summed E-state index contributed by atoms with van der Waals surface area (Å²) in [6, 6.07) is 0. The molecule has 0 spiro atoms. The molecule has 71 heavy (non-hydrogen) atoms. The number of fused-ring (bicyclic) bond motifs is 14. The van der Waals surface area contributed by atoms with Gasteiger partial charge in [0.2, 0.25) is 11.8 Å². The van der Waals surface area contributed by atoms with Gasteiger partial charge in [0.15, 0.2) is 0 Å². The minimum atomic E-state index is -0.889. The van der Waals surface area contributed by atoms with Gasteiger partial charge in [0.05, 0.1) is 35.2 Å². The predicted molar refractivity (Wildman–Crippen MR) is 284 cm³/mol. The van der Waals surface area contributed by atoms with Crippen LogP contribution in [0, 0.1) is 100 Å². The van der Waals surface area contributed by atoms with Gasteiger partial charge in [-0.2, -0.15) is 0 Å². The number of allylic oxidation sites excluding steroid dienone is 4. The Labute approximate surface area is 431 Å². The minimum absolute atomic E-state index is 0.0206. The normalized spacial score (nSPS) is 51.9. The third kappa shape index (κ3) is 6.91. The van der Waals surface area contributed by atoms with Crippen molar-refractivity contribution in [3.8, 4) is 0 Å². The van der Waals surface area contributed by atoms with E-state index in [1.807, 2.05) is 0 Å². The van der Waals surface area contributed by atoms with Crippen molar-refractivity contribution in [3.63, 3.8) is 0 Å². The van der Waals surface area contributed by atoms with Crippen molar-refractivity contribution in [3.05, 3.63) is 23.3 Å². The van der Waals surface area contributed by atoms with Gasteiger partial charge < -0.3 is 31.1 Å². The third-order valence-corrected chi connectivity index (χ3v) is 27.1. The molecule has 0 radical (unpaired) electrons. The highest BCUT2D eigenvalue weighted by Crippen LogP contribution is 2.78. The molecule has 10 rings (SSSR count). The SMILES string of the molecule is CC1(C)CC[C@]2(C(=O)NCCCNC(=O)[C@]34CCC(C)(C)C[C@H]3C3=CCC5[C@@]6(C)CC[C@H](O)C(C)(C)C6CC[C@@]5(C)[C@]3(C)C[C@H]4O)[C@H](O)C[C@]3(C)C(=CCC4[C@@]5(C)CC[C@H](O)C(C)(C)C5CC[C@]43C)[C@@H]2C1. The largest absolute Gasteiger partial charge is 0.393 e. The molecular formula is C63H102N2O6. The van der Waals surface area contributed by atoms with E-state index in [9.17, 15) is 20.4 Å². The van der Waals surface area contributed by atoms with E-state index >= 15 is 9.59 Å². The first-order chi connectivity index (χ1) is 32.8. The molecule has 400 valence electrons. The van der Waals surface area contributed by atoms with Crippen LogP contribution in [0.5, 0.6) is 0 Å². The molecule has 18 atom stereocenters. The molecule has 0 bridgehead atoms. The Balaban J connectivity index is 0.853. The Kier molecular flexibility index (Phi) is 12.2. The number of carbonyl (C=O) groups excluding carboxylic acids is 2. The van der Waals surface area contributed by atoms with Crippen molar-refractivity contribution in [2.75, 3.05) is 13.1 Å². The third-order valence-electron chi connectivity index (χ3n) is 27.1. The fourth-order valence-corrected chi connectivity index (χ4v) is 22.3. The van der Waals surface area contributed by atoms with Crippen molar-refractivity contribution in [1.29, 1.82) is 0 Å². The van der Waals surface area contributed by atoms with E-state index in [0.717, 1.165) is 89.9 Å². The average molecular weight is 984 g/mol. The lowest BCUT2D eigenvalue weighted by molar-refractivity contribution is -0.215. The number of carbonyl (C=O) groups is 2. The van der Waals surface area contributed by atoms with Gasteiger partial charge in [-0.3, -0.25) is 9.59 Å². The fourth-order valence-electron chi connectivity index (χ4n) is 22.3. The highest BCUT2D eigenvalue weighted by molar-refractivity contribution is 5.86. The van der Waals surface area contributed by atoms with Crippen LogP contribution in [0.2, 0.25) is 0 Å². The molecule has 8 nitrogen and oxygen atoms in total. The number of hydrogen-bond donors (Lipinski definition) is 6. The van der Waals surface area contributed by atoms with E-state index in [1.54, 1.807) is 0 Å². The summed E-state index contributed by atoms with van der Waals surface area (Å²) in [5, 5.41) is 54.8. The molecule has 8 saturated carbocycles. The Morgan fingerprint density at radius 1 is 0.465 bits per heavy atom. The molecule has 0 aliphatic heterocycles. The van der Waals surface area contributed by atoms with Crippen molar-refractivity contribution < 1.29 is 30.0 Å². The smallest absolute Gasteiger partial charge is 0.229 e. The maximum Gasteiger partial charge on any atom is 0.229 e. The van der Waals surface area contributed by atoms with Crippen molar-refractivity contribution in [1.82, 2.24) is 10.6 Å². The standard InChI is InChI=1S/C63H102N2O6/c1-52(2)28-30-62(40(34-52)38-16-18-44-56(9)24-22-46(66)54(5,6)42(56)20-26-58(44,11)60(38,13)36-48(62)68)50(70)64-32-15-33-65-51(71)63-31-29-53(3,4)35-41(63)39-17-19-45-57(10)25-23-47(67)55(7,8)43(57)21-27-59(45,12)61(39,14)37-49(63)69/h16-17,40-49,66-69H,15,18-37H2,1-14H3,(H,64,70)(H,65,71)/t40-,41-,42?,43?,44?,45?,46-,47-,48+,49+,56-,57-,58+,59+,60+,61+,62+,63+/m0/s1. The predicted octanol–water partition coefficient (Wildman–Crippen LogP) is 11.9. The van der Waals surface area contributed by atoms with Gasteiger partial charge in [-0.25, -0.2) is 0 Å². The molecule has 2 amide bonds. The van der Waals surface area contributed by atoms with Gasteiger partial charge in [0.25, 0.3) is 0 Å². The Morgan fingerprint density at radius 3 is 1.20 bits per heavy atom. The van der Waals surface area contributed by atoms with Gasteiger partial charge >= 0.3 is 0 Å². The topological polar surface area (TPSA) is 139 Å². The Morgan fingerprint density at radius 2 is 0.831 bits per heavy atom. The number of aliphatic hydroxyl groups is 4. The second kappa shape index (κ2) is 16.4. The first-order valence-corrected chi connectivity index (χ1v) is 29.5. The van der Waals surface area contributed by atoms with E-state index in [2.05, 4.69) is 120 Å². The van der Waals surface area contributed by atoms with Crippen molar-refractivity contribution >= 4 is 11.8 Å². The minimum Gasteiger partial charge on any atom is -0.393 e. The number of nitrogens with one attached hydrogen (secondary N) is 2. The first kappa shape index (κ1) is 52.7. The average Bonchev–Trinajstić information content (AvgIpc) is 3.26. The number of amides is 2. The maximum atomic E-state index is 15.1. The van der Waals surface area contributed by atoms with Crippen LogP contribution >= 0.6 is 0 Å². The molecule has 0 saturated heterocycles. The molecule has 8 heteroatoms. The van der Waals surface area contributed by atoms with E-state index in [-0.39, 0.29) is 90.0 Å². The van der Waals surface area contributed by atoms with Gasteiger partial charge in [-0.05, 0) is 212 Å². The molecule has 10 aliphatic carbocycles. The summed E-state index contributed by atoms with van der Waals surface area (Å²) in [7, 11) is 0. The van der Waals surface area contributed by atoms with Crippen molar-refractivity contribution in [2.24, 2.45) is 100 Å². The number of aliphatic hydroxyl groups excluding tert-OH is 4. The molecule has 0 aromatic rings. The maximum absolute atomic E-state index is 15.1. The van der Waals surface area contributed by atoms with Crippen LogP contribution in [0.4, 0.5) is 0 Å². The summed E-state index contributed by atoms with van der Waals surface area (Å²) >= 11 is 0. The van der Waals surface area contributed by atoms with Gasteiger partial charge in [0.1, 0.15) is 0 Å². The van der Waals surface area contributed by atoms with Crippen LogP contribution in [-0.4, -0.2) is 69.7 Å². The van der Waals surface area contributed by atoms with Crippen LogP contribution in [0.25, 0.3) is 0 Å². The molecular weight excluding hydrogens is 881 g/mol. The summed E-state index contributed by atoms with van der Waals surface area (Å²) in [5.41, 5.74) is 0.630. The summed E-state index contributed by atoms with van der Waals surface area (Å²) in [4.78, 5) is 30.1. The zero-order chi connectivity index (χ0) is 51.8. The van der Waals surface area contributed by atoms with E-state index < -0.39 is 23.0 Å². The molecule has 10 aliphatic rings. The zero-order valence-electron chi connectivity index (χ0n) is 47.4. The van der Waals surface area contributed by atoms with E-state index in [4.69, 9.17) is 0 Å². The van der Waals surface area contributed by atoms with Gasteiger partial charge in [0, 0.05) is 13.1 Å². The fraction of sp³-hybridized carbons (Fsp3) is 0.905. The quantitative estimate of drug-likeness (QED) is 0.116. The number of rotatable bonds is 6. The second-order valence-corrected chi connectivity index (χ2v) is 31.6. The lowest BCUT2D eigenvalue weighted by Crippen LogP contribution is -2.68. The molecule has 0 aromatic carbocycles. The van der Waals surface area contributed by atoms with Crippen molar-refractivity contribution in [2.45, 2.75) is 243 Å². The van der Waals surface area contributed by atoms with Crippen LogP contribution in [-0.2, 0) is 9.59 Å². The Bertz CT molecular complexity index is 2080. The van der Waals surface area contributed by atoms with Crippen LogP contribution in [0.3, 0.4) is 0 Å². The molecule has 4 unspecified atom stereocenters. The van der Waals surface area contributed by atoms with Crippen LogP contribution in [0.15, 0.2) is 23.3 Å². The summed E-state index contributed by atoms with van der Waals surface area (Å²) in [6.45, 7) is 34.4. The molecule has 6 N–H and O–H groups in total. The van der Waals surface area contributed by atoms with Crippen LogP contribution < -0.4 is 10.6 Å².